The third-order valence-corrected chi connectivity index (χ3v) is 4.40. The van der Waals surface area contributed by atoms with E-state index in [0.717, 1.165) is 16.6 Å². The quantitative estimate of drug-likeness (QED) is 0.852. The van der Waals surface area contributed by atoms with E-state index in [4.69, 9.17) is 10.5 Å². The van der Waals surface area contributed by atoms with E-state index in [1.54, 1.807) is 0 Å². The summed E-state index contributed by atoms with van der Waals surface area (Å²) in [4.78, 5) is 4.55. The van der Waals surface area contributed by atoms with E-state index < -0.39 is 0 Å². The number of halogens is 1. The number of aliphatic imine (C=N–C) groups is 1. The molecule has 23 heavy (non-hydrogen) atoms. The van der Waals surface area contributed by atoms with Crippen molar-refractivity contribution in [3.05, 3.63) is 64.1 Å². The molecule has 0 spiro atoms. The molecule has 2 atom stereocenters. The third kappa shape index (κ3) is 3.85. The predicted molar refractivity (Wildman–Crippen MR) is 96.6 cm³/mol. The lowest BCUT2D eigenvalue weighted by molar-refractivity contribution is 0.340. The van der Waals surface area contributed by atoms with Crippen LogP contribution in [0.3, 0.4) is 0 Å². The number of benzene rings is 2. The number of nitrogens with one attached hydrogen (secondary N) is 1. The third-order valence-electron chi connectivity index (χ3n) is 3.90. The van der Waals surface area contributed by atoms with E-state index >= 15 is 0 Å². The fourth-order valence-electron chi connectivity index (χ4n) is 2.83. The molecule has 2 aromatic carbocycles. The van der Waals surface area contributed by atoms with E-state index in [2.05, 4.69) is 50.5 Å². The average molecular weight is 374 g/mol. The number of nitrogens with zero attached hydrogens (tertiary/aromatic N) is 1. The molecule has 1 heterocycles. The molecule has 0 aromatic heterocycles. The Morgan fingerprint density at radius 3 is 2.70 bits per heavy atom. The summed E-state index contributed by atoms with van der Waals surface area (Å²) in [5, 5.41) is 3.27. The molecule has 0 aliphatic carbocycles. The summed E-state index contributed by atoms with van der Waals surface area (Å²) in [6.07, 6.45) is 0.866. The Kier molecular flexibility index (Phi) is 4.86. The first-order chi connectivity index (χ1) is 11.2. The zero-order valence-electron chi connectivity index (χ0n) is 13.0. The second-order valence-electron chi connectivity index (χ2n) is 5.52. The van der Waals surface area contributed by atoms with Gasteiger partial charge in [-0.1, -0.05) is 40.2 Å². The average Bonchev–Trinajstić information content (AvgIpc) is 2.55. The first kappa shape index (κ1) is 15.9. The molecule has 1 aliphatic heterocycles. The van der Waals surface area contributed by atoms with Crippen LogP contribution >= 0.6 is 15.9 Å². The Labute approximate surface area is 144 Å². The summed E-state index contributed by atoms with van der Waals surface area (Å²) in [7, 11) is 0. The van der Waals surface area contributed by atoms with Gasteiger partial charge in [-0.15, -0.1) is 0 Å². The largest absolute Gasteiger partial charge is 0.494 e. The Bertz CT molecular complexity index is 700. The first-order valence-electron chi connectivity index (χ1n) is 7.73. The van der Waals surface area contributed by atoms with Gasteiger partial charge in [0, 0.05) is 4.47 Å². The summed E-state index contributed by atoms with van der Waals surface area (Å²) >= 11 is 3.52. The number of ether oxygens (including phenoxy) is 1. The number of hydrogen-bond donors (Lipinski definition) is 2. The smallest absolute Gasteiger partial charge is 0.189 e. The molecule has 0 saturated heterocycles. The molecule has 0 bridgehead atoms. The van der Waals surface area contributed by atoms with Crippen molar-refractivity contribution in [1.29, 1.82) is 0 Å². The number of rotatable bonds is 4. The number of hydrogen-bond acceptors (Lipinski definition) is 4. The van der Waals surface area contributed by atoms with E-state index in [-0.39, 0.29) is 12.1 Å². The highest BCUT2D eigenvalue weighted by Crippen LogP contribution is 2.33. The van der Waals surface area contributed by atoms with Crippen LogP contribution in [-0.2, 0) is 0 Å². The van der Waals surface area contributed by atoms with Crippen LogP contribution < -0.4 is 15.8 Å². The predicted octanol–water partition coefficient (Wildman–Crippen LogP) is 3.94. The molecule has 0 fully saturated rings. The molecule has 1 aliphatic rings. The molecule has 2 unspecified atom stereocenters. The maximum Gasteiger partial charge on any atom is 0.189 e. The summed E-state index contributed by atoms with van der Waals surface area (Å²) in [6, 6.07) is 16.6. The Morgan fingerprint density at radius 1 is 1.22 bits per heavy atom. The number of nitrogens with two attached hydrogens (primary N) is 1. The molecular weight excluding hydrogens is 354 g/mol. The fourth-order valence-corrected chi connectivity index (χ4v) is 3.24. The maximum absolute atomic E-state index is 6.01. The van der Waals surface area contributed by atoms with Gasteiger partial charge in [-0.05, 0) is 48.7 Å². The lowest BCUT2D eigenvalue weighted by Crippen LogP contribution is -2.39. The minimum Gasteiger partial charge on any atom is -0.494 e. The van der Waals surface area contributed by atoms with Gasteiger partial charge in [0.1, 0.15) is 5.75 Å². The summed E-state index contributed by atoms with van der Waals surface area (Å²) in [5.41, 5.74) is 8.36. The molecular formula is C18H20BrN3O. The van der Waals surface area contributed by atoms with E-state index in [9.17, 15) is 0 Å². The second kappa shape index (κ2) is 7.04. The van der Waals surface area contributed by atoms with Crippen molar-refractivity contribution < 1.29 is 4.74 Å². The molecule has 2 aromatic rings. The van der Waals surface area contributed by atoms with Crippen LogP contribution in [0, 0.1) is 0 Å². The van der Waals surface area contributed by atoms with Gasteiger partial charge in [0.15, 0.2) is 5.96 Å². The van der Waals surface area contributed by atoms with Crippen LogP contribution in [0.1, 0.15) is 36.6 Å². The Hall–Kier alpha value is -2.01. The van der Waals surface area contributed by atoms with Crippen LogP contribution in [-0.4, -0.2) is 12.6 Å². The SMILES string of the molecule is CCOc1ccc(C2CC(c3cccc(Br)c3)N=C(N)N2)cc1. The van der Waals surface area contributed by atoms with Crippen molar-refractivity contribution in [1.82, 2.24) is 5.32 Å². The zero-order valence-corrected chi connectivity index (χ0v) is 14.6. The maximum atomic E-state index is 6.01. The van der Waals surface area contributed by atoms with Gasteiger partial charge >= 0.3 is 0 Å². The molecule has 4 nitrogen and oxygen atoms in total. The highest BCUT2D eigenvalue weighted by atomic mass is 79.9. The molecule has 0 radical (unpaired) electrons. The van der Waals surface area contributed by atoms with Crippen molar-refractivity contribution in [2.24, 2.45) is 10.7 Å². The van der Waals surface area contributed by atoms with E-state index in [1.165, 1.54) is 11.1 Å². The first-order valence-corrected chi connectivity index (χ1v) is 8.53. The zero-order chi connectivity index (χ0) is 16.2. The van der Waals surface area contributed by atoms with Gasteiger partial charge in [-0.3, -0.25) is 0 Å². The molecule has 3 N–H and O–H groups in total. The molecule has 120 valence electrons. The van der Waals surface area contributed by atoms with Gasteiger partial charge in [0.05, 0.1) is 18.7 Å². The van der Waals surface area contributed by atoms with Crippen molar-refractivity contribution in [2.75, 3.05) is 6.61 Å². The Balaban J connectivity index is 1.81. The van der Waals surface area contributed by atoms with E-state index in [1.807, 2.05) is 31.2 Å². The minimum atomic E-state index is 0.0605. The minimum absolute atomic E-state index is 0.0605. The molecule has 0 amide bonds. The molecule has 0 saturated carbocycles. The van der Waals surface area contributed by atoms with Gasteiger partial charge < -0.3 is 15.8 Å². The monoisotopic (exact) mass is 373 g/mol. The topological polar surface area (TPSA) is 59.6 Å². The van der Waals surface area contributed by atoms with Gasteiger partial charge in [-0.2, -0.15) is 0 Å². The van der Waals surface area contributed by atoms with Gasteiger partial charge in [0.25, 0.3) is 0 Å². The van der Waals surface area contributed by atoms with Crippen LogP contribution in [0.25, 0.3) is 0 Å². The van der Waals surface area contributed by atoms with Crippen LogP contribution in [0.2, 0.25) is 0 Å². The normalized spacial score (nSPS) is 20.5. The lowest BCUT2D eigenvalue weighted by atomic mass is 9.94. The van der Waals surface area contributed by atoms with Crippen LogP contribution in [0.5, 0.6) is 5.75 Å². The highest BCUT2D eigenvalue weighted by Gasteiger charge is 2.24. The lowest BCUT2D eigenvalue weighted by Gasteiger charge is -2.29. The van der Waals surface area contributed by atoms with Crippen molar-refractivity contribution in [3.8, 4) is 5.75 Å². The van der Waals surface area contributed by atoms with Crippen molar-refractivity contribution in [2.45, 2.75) is 25.4 Å². The van der Waals surface area contributed by atoms with Crippen molar-refractivity contribution in [3.63, 3.8) is 0 Å². The summed E-state index contributed by atoms with van der Waals surface area (Å²) in [5.74, 6) is 1.37. The highest BCUT2D eigenvalue weighted by molar-refractivity contribution is 9.10. The Morgan fingerprint density at radius 2 is 2.00 bits per heavy atom. The van der Waals surface area contributed by atoms with E-state index in [0.29, 0.717) is 12.6 Å². The number of guanidine groups is 1. The molecule has 3 rings (SSSR count). The summed E-state index contributed by atoms with van der Waals surface area (Å²) in [6.45, 7) is 2.65. The molecule has 5 heteroatoms. The van der Waals surface area contributed by atoms with Gasteiger partial charge in [-0.25, -0.2) is 4.99 Å². The van der Waals surface area contributed by atoms with Gasteiger partial charge in [0.2, 0.25) is 0 Å². The fraction of sp³-hybridized carbons (Fsp3) is 0.278. The van der Waals surface area contributed by atoms with Crippen LogP contribution in [0.15, 0.2) is 58.0 Å². The second-order valence-corrected chi connectivity index (χ2v) is 6.44. The summed E-state index contributed by atoms with van der Waals surface area (Å²) < 4.78 is 6.55. The van der Waals surface area contributed by atoms with Crippen LogP contribution in [0.4, 0.5) is 0 Å². The van der Waals surface area contributed by atoms with Crippen molar-refractivity contribution >= 4 is 21.9 Å². The standard InChI is InChI=1S/C18H20BrN3O/c1-2-23-15-8-6-12(7-9-15)16-11-17(22-18(20)21-16)13-4-3-5-14(19)10-13/h3-10,16-17H,2,11H2,1H3,(H3,20,21,22).